The summed E-state index contributed by atoms with van der Waals surface area (Å²) in [5.41, 5.74) is 2.99. The van der Waals surface area contributed by atoms with Crippen LogP contribution in [-0.2, 0) is 4.74 Å². The first-order valence-corrected chi connectivity index (χ1v) is 10.8. The lowest BCUT2D eigenvalue weighted by Gasteiger charge is -2.26. The summed E-state index contributed by atoms with van der Waals surface area (Å²) in [5, 5.41) is 25.9. The normalized spacial score (nSPS) is 15.3. The van der Waals surface area contributed by atoms with E-state index in [-0.39, 0.29) is 11.4 Å². The van der Waals surface area contributed by atoms with Gasteiger partial charge in [-0.05, 0) is 56.3 Å². The number of allylic oxidation sites excluding steroid dienone is 3. The van der Waals surface area contributed by atoms with Crippen LogP contribution in [0.4, 0.5) is 0 Å². The minimum atomic E-state index is -0.769. The Kier molecular flexibility index (Phi) is 8.14. The van der Waals surface area contributed by atoms with E-state index in [1.807, 2.05) is 19.9 Å². The highest BCUT2D eigenvalue weighted by Crippen LogP contribution is 2.42. The monoisotopic (exact) mass is 480 g/mol. The van der Waals surface area contributed by atoms with E-state index in [1.54, 1.807) is 37.4 Å². The van der Waals surface area contributed by atoms with Crippen molar-refractivity contribution in [1.29, 1.82) is 0 Å². The summed E-state index contributed by atoms with van der Waals surface area (Å²) in [5.74, 6) is 0.714. The summed E-state index contributed by atoms with van der Waals surface area (Å²) in [7, 11) is 4.46. The number of fused-ring (bicyclic) bond motifs is 1. The van der Waals surface area contributed by atoms with Crippen molar-refractivity contribution in [1.82, 2.24) is 0 Å². The van der Waals surface area contributed by atoms with Gasteiger partial charge in [0.05, 0.1) is 38.0 Å². The Labute approximate surface area is 203 Å². The van der Waals surface area contributed by atoms with Gasteiger partial charge in [0.1, 0.15) is 34.8 Å². The van der Waals surface area contributed by atoms with Gasteiger partial charge in [-0.1, -0.05) is 22.0 Å². The lowest BCUT2D eigenvalue weighted by Crippen LogP contribution is -2.20. The molecule has 0 fully saturated rings. The first-order valence-electron chi connectivity index (χ1n) is 10.8. The van der Waals surface area contributed by atoms with Crippen molar-refractivity contribution in [2.75, 3.05) is 21.3 Å². The summed E-state index contributed by atoms with van der Waals surface area (Å²) in [4.78, 5) is 13.1. The van der Waals surface area contributed by atoms with Gasteiger partial charge in [-0.3, -0.25) is 0 Å². The van der Waals surface area contributed by atoms with Crippen LogP contribution in [0.25, 0.3) is 0 Å². The first-order chi connectivity index (χ1) is 16.9. The molecular formula is C26H28N2O7. The van der Waals surface area contributed by atoms with Gasteiger partial charge < -0.3 is 29.4 Å². The van der Waals surface area contributed by atoms with Gasteiger partial charge >= 0.3 is 5.97 Å². The number of benzene rings is 2. The number of hydrogen-bond donors (Lipinski definition) is 2. The summed E-state index contributed by atoms with van der Waals surface area (Å²) in [6.07, 6.45) is 4.50. The van der Waals surface area contributed by atoms with Crippen molar-refractivity contribution in [3.8, 4) is 17.2 Å². The van der Waals surface area contributed by atoms with Crippen molar-refractivity contribution in [3.63, 3.8) is 0 Å². The second-order valence-electron chi connectivity index (χ2n) is 7.89. The quantitative estimate of drug-likeness (QED) is 0.239. The van der Waals surface area contributed by atoms with Gasteiger partial charge in [-0.15, -0.1) is 0 Å². The Hall–Kier alpha value is -4.27. The first kappa shape index (κ1) is 25.4. The number of nitrogens with zero attached hydrogens (tertiary/aromatic N) is 2. The zero-order chi connectivity index (χ0) is 25.5. The number of methoxy groups -OCH3 is 3. The molecule has 9 heteroatoms. The summed E-state index contributed by atoms with van der Waals surface area (Å²) < 4.78 is 22.4. The maximum absolute atomic E-state index is 13.1. The molecule has 0 aromatic heterocycles. The zero-order valence-corrected chi connectivity index (χ0v) is 20.2. The second-order valence-corrected chi connectivity index (χ2v) is 7.89. The molecule has 0 amide bonds. The van der Waals surface area contributed by atoms with Crippen LogP contribution in [-0.4, -0.2) is 49.1 Å². The van der Waals surface area contributed by atoms with E-state index in [9.17, 15) is 15.2 Å². The molecule has 0 radical (unpaired) electrons. The van der Waals surface area contributed by atoms with Gasteiger partial charge in [0.15, 0.2) is 0 Å². The number of hydrogen-bond acceptors (Lipinski definition) is 9. The van der Waals surface area contributed by atoms with E-state index < -0.39 is 12.1 Å². The third kappa shape index (κ3) is 5.29. The second kappa shape index (κ2) is 11.2. The molecule has 0 unspecified atom stereocenters. The number of oxime groups is 2. The maximum Gasteiger partial charge on any atom is 0.338 e. The van der Waals surface area contributed by atoms with Crippen LogP contribution in [0, 0.1) is 0 Å². The third-order valence-corrected chi connectivity index (χ3v) is 5.49. The van der Waals surface area contributed by atoms with Gasteiger partial charge in [0.2, 0.25) is 0 Å². The molecule has 1 aliphatic carbocycles. The van der Waals surface area contributed by atoms with Gasteiger partial charge in [-0.2, -0.15) is 0 Å². The highest BCUT2D eigenvalue weighted by Gasteiger charge is 2.32. The molecule has 1 atom stereocenters. The molecule has 0 spiro atoms. The largest absolute Gasteiger partial charge is 0.497 e. The van der Waals surface area contributed by atoms with Crippen molar-refractivity contribution in [2.45, 2.75) is 26.4 Å². The molecule has 0 aliphatic heterocycles. The number of esters is 1. The van der Waals surface area contributed by atoms with E-state index in [1.165, 1.54) is 26.4 Å². The van der Waals surface area contributed by atoms with Crippen LogP contribution in [0.15, 0.2) is 64.4 Å². The Morgan fingerprint density at radius 1 is 0.943 bits per heavy atom. The average molecular weight is 481 g/mol. The van der Waals surface area contributed by atoms with E-state index in [4.69, 9.17) is 18.9 Å². The predicted molar refractivity (Wildman–Crippen MR) is 131 cm³/mol. The molecule has 0 saturated heterocycles. The summed E-state index contributed by atoms with van der Waals surface area (Å²) in [6, 6.07) is 8.26. The minimum Gasteiger partial charge on any atom is -0.497 e. The molecule has 3 rings (SSSR count). The van der Waals surface area contributed by atoms with Gasteiger partial charge in [0.25, 0.3) is 0 Å². The topological polar surface area (TPSA) is 119 Å². The SMILES string of the molecule is COc1ccc(C(=O)O[C@H](CC=C(C)C)c2cc(OC)c3c(c2OC)/C(=N/O)C=C/C3=N\O)cc1. The van der Waals surface area contributed by atoms with E-state index in [0.717, 1.165) is 5.57 Å². The number of ether oxygens (including phenoxy) is 4. The molecule has 2 aromatic carbocycles. The summed E-state index contributed by atoms with van der Waals surface area (Å²) in [6.45, 7) is 3.89. The van der Waals surface area contributed by atoms with Crippen molar-refractivity contribution >= 4 is 17.4 Å². The smallest absolute Gasteiger partial charge is 0.338 e. The number of carbonyl (C=O) groups is 1. The van der Waals surface area contributed by atoms with E-state index in [0.29, 0.717) is 45.9 Å². The molecule has 2 N–H and O–H groups in total. The lowest BCUT2D eigenvalue weighted by atomic mass is 9.88. The fourth-order valence-electron chi connectivity index (χ4n) is 3.78. The van der Waals surface area contributed by atoms with Crippen LogP contribution in [0.1, 0.15) is 53.4 Å². The van der Waals surface area contributed by atoms with Crippen molar-refractivity contribution < 1.29 is 34.2 Å². The molecule has 0 heterocycles. The van der Waals surface area contributed by atoms with Crippen LogP contribution < -0.4 is 14.2 Å². The highest BCUT2D eigenvalue weighted by molar-refractivity contribution is 6.27. The van der Waals surface area contributed by atoms with Crippen molar-refractivity contribution in [3.05, 3.63) is 76.4 Å². The third-order valence-electron chi connectivity index (χ3n) is 5.49. The van der Waals surface area contributed by atoms with E-state index >= 15 is 0 Å². The van der Waals surface area contributed by atoms with Crippen LogP contribution in [0.5, 0.6) is 17.2 Å². The summed E-state index contributed by atoms with van der Waals surface area (Å²) >= 11 is 0. The highest BCUT2D eigenvalue weighted by atomic mass is 16.5. The van der Waals surface area contributed by atoms with Gasteiger partial charge in [-0.25, -0.2) is 4.79 Å². The molecular weight excluding hydrogens is 452 g/mol. The lowest BCUT2D eigenvalue weighted by molar-refractivity contribution is 0.0297. The molecule has 184 valence electrons. The standard InChI is InChI=1S/C26H28N2O7/c1-15(2)6-13-21(35-26(29)16-7-9-17(32-3)10-8-16)18-14-22(33-4)23-19(27-30)11-12-20(28-31)24(23)25(18)34-5/h6-12,14,21,30-31H,13H2,1-5H3/b27-19+,28-20+/t21-/m1/s1. The van der Waals surface area contributed by atoms with Crippen LogP contribution in [0.3, 0.4) is 0 Å². The predicted octanol–water partition coefficient (Wildman–Crippen LogP) is 4.89. The zero-order valence-electron chi connectivity index (χ0n) is 20.2. The molecule has 2 aromatic rings. The fourth-order valence-corrected chi connectivity index (χ4v) is 3.78. The molecule has 1 aliphatic rings. The average Bonchev–Trinajstić information content (AvgIpc) is 2.89. The Bertz CT molecular complexity index is 1210. The molecule has 35 heavy (non-hydrogen) atoms. The Morgan fingerprint density at radius 2 is 1.57 bits per heavy atom. The minimum absolute atomic E-state index is 0.173. The van der Waals surface area contributed by atoms with Crippen LogP contribution >= 0.6 is 0 Å². The number of rotatable bonds is 8. The number of carbonyl (C=O) groups excluding carboxylic acids is 1. The maximum atomic E-state index is 13.1. The van der Waals surface area contributed by atoms with Gasteiger partial charge in [0, 0.05) is 12.0 Å². The van der Waals surface area contributed by atoms with Crippen molar-refractivity contribution in [2.24, 2.45) is 10.3 Å². The Balaban J connectivity index is 2.17. The molecule has 9 nitrogen and oxygen atoms in total. The Morgan fingerprint density at radius 3 is 2.09 bits per heavy atom. The molecule has 0 bridgehead atoms. The van der Waals surface area contributed by atoms with E-state index in [2.05, 4.69) is 10.3 Å². The fraction of sp³-hybridized carbons (Fsp3) is 0.269. The molecule has 0 saturated carbocycles. The van der Waals surface area contributed by atoms with Crippen LogP contribution in [0.2, 0.25) is 0 Å².